The molecule has 1 saturated heterocycles. The first kappa shape index (κ1) is 19.5. The summed E-state index contributed by atoms with van der Waals surface area (Å²) in [5.74, 6) is 1.40. The molecule has 0 bridgehead atoms. The van der Waals surface area contributed by atoms with E-state index < -0.39 is 0 Å². The van der Waals surface area contributed by atoms with E-state index in [1.54, 1.807) is 0 Å². The van der Waals surface area contributed by atoms with Crippen molar-refractivity contribution in [3.8, 4) is 5.75 Å². The van der Waals surface area contributed by atoms with E-state index >= 15 is 0 Å². The Morgan fingerprint density at radius 3 is 2.96 bits per heavy atom. The van der Waals surface area contributed by atoms with E-state index in [0.717, 1.165) is 76.6 Å². The summed E-state index contributed by atoms with van der Waals surface area (Å²) in [4.78, 5) is 6.83. The van der Waals surface area contributed by atoms with Gasteiger partial charge in [0, 0.05) is 19.6 Å². The maximum absolute atomic E-state index is 5.95. The third-order valence-corrected chi connectivity index (χ3v) is 4.16. The smallest absolute Gasteiger partial charge is 0.188 e. The normalized spacial score (nSPS) is 16.0. The number of rotatable bonds is 10. The van der Waals surface area contributed by atoms with Gasteiger partial charge in [0.2, 0.25) is 0 Å². The molecule has 0 spiro atoms. The number of hydrogen-bond acceptors (Lipinski definition) is 4. The van der Waals surface area contributed by atoms with Crippen LogP contribution in [0.3, 0.4) is 0 Å². The fraction of sp³-hybridized carbons (Fsp3) is 0.632. The monoisotopic (exact) mass is 348 g/mol. The molecule has 140 valence electrons. The van der Waals surface area contributed by atoms with Crippen molar-refractivity contribution in [2.75, 3.05) is 46.0 Å². The van der Waals surface area contributed by atoms with Gasteiger partial charge >= 0.3 is 0 Å². The number of morpholine rings is 1. The quantitative estimate of drug-likeness (QED) is 0.384. The number of nitrogens with zero attached hydrogens (tertiary/aromatic N) is 2. The van der Waals surface area contributed by atoms with Crippen molar-refractivity contribution in [3.05, 3.63) is 29.8 Å². The van der Waals surface area contributed by atoms with Crippen LogP contribution in [0.2, 0.25) is 0 Å². The van der Waals surface area contributed by atoms with Gasteiger partial charge in [-0.25, -0.2) is 4.99 Å². The Kier molecular flexibility index (Phi) is 9.15. The van der Waals surface area contributed by atoms with Crippen LogP contribution in [-0.2, 0) is 11.3 Å². The summed E-state index contributed by atoms with van der Waals surface area (Å²) in [6, 6.07) is 8.06. The lowest BCUT2D eigenvalue weighted by Gasteiger charge is -2.26. The molecule has 1 fully saturated rings. The molecular weight excluding hydrogens is 316 g/mol. The van der Waals surface area contributed by atoms with Crippen LogP contribution in [0.4, 0.5) is 0 Å². The molecule has 6 nitrogen and oxygen atoms in total. The maximum atomic E-state index is 5.95. The molecule has 0 unspecified atom stereocenters. The molecule has 0 atom stereocenters. The zero-order valence-corrected chi connectivity index (χ0v) is 15.4. The second-order valence-corrected chi connectivity index (χ2v) is 6.29. The summed E-state index contributed by atoms with van der Waals surface area (Å²) >= 11 is 0. The lowest BCUT2D eigenvalue weighted by Crippen LogP contribution is -2.39. The summed E-state index contributed by atoms with van der Waals surface area (Å²) < 4.78 is 11.1. The highest BCUT2D eigenvalue weighted by Crippen LogP contribution is 2.14. The van der Waals surface area contributed by atoms with E-state index in [1.807, 2.05) is 24.3 Å². The Morgan fingerprint density at radius 1 is 1.32 bits per heavy atom. The molecule has 0 amide bonds. The molecule has 0 aliphatic carbocycles. The molecule has 0 radical (unpaired) electrons. The molecule has 3 N–H and O–H groups in total. The molecule has 1 aliphatic rings. The number of unbranched alkanes of at least 4 members (excludes halogenated alkanes) is 1. The van der Waals surface area contributed by atoms with Gasteiger partial charge in [0.25, 0.3) is 0 Å². The van der Waals surface area contributed by atoms with Gasteiger partial charge in [-0.3, -0.25) is 4.90 Å². The van der Waals surface area contributed by atoms with Crippen molar-refractivity contribution in [2.24, 2.45) is 10.7 Å². The molecule has 0 aromatic heterocycles. The van der Waals surface area contributed by atoms with Gasteiger partial charge < -0.3 is 20.5 Å². The molecule has 1 aromatic rings. The minimum Gasteiger partial charge on any atom is -0.494 e. The summed E-state index contributed by atoms with van der Waals surface area (Å²) in [7, 11) is 0. The van der Waals surface area contributed by atoms with E-state index in [4.69, 9.17) is 15.2 Å². The Bertz CT molecular complexity index is 516. The van der Waals surface area contributed by atoms with Crippen LogP contribution in [-0.4, -0.2) is 56.9 Å². The Labute approximate surface area is 151 Å². The first-order valence-electron chi connectivity index (χ1n) is 9.33. The highest BCUT2D eigenvalue weighted by molar-refractivity contribution is 5.77. The topological polar surface area (TPSA) is 72.1 Å². The Morgan fingerprint density at radius 2 is 2.16 bits per heavy atom. The average molecular weight is 348 g/mol. The Hall–Kier alpha value is -1.79. The summed E-state index contributed by atoms with van der Waals surface area (Å²) in [5.41, 5.74) is 7.05. The van der Waals surface area contributed by atoms with Gasteiger partial charge in [-0.05, 0) is 37.1 Å². The van der Waals surface area contributed by atoms with Gasteiger partial charge in [0.15, 0.2) is 5.96 Å². The highest BCUT2D eigenvalue weighted by Gasteiger charge is 2.08. The molecular formula is C19H32N4O2. The van der Waals surface area contributed by atoms with Gasteiger partial charge in [0.1, 0.15) is 5.75 Å². The van der Waals surface area contributed by atoms with Crippen molar-refractivity contribution < 1.29 is 9.47 Å². The summed E-state index contributed by atoms with van der Waals surface area (Å²) in [5, 5.41) is 3.19. The second-order valence-electron chi connectivity index (χ2n) is 6.29. The molecule has 0 saturated carbocycles. The fourth-order valence-corrected chi connectivity index (χ4v) is 2.64. The van der Waals surface area contributed by atoms with E-state index in [2.05, 4.69) is 22.1 Å². The van der Waals surface area contributed by atoms with Crippen molar-refractivity contribution >= 4 is 5.96 Å². The largest absolute Gasteiger partial charge is 0.494 e. The number of aliphatic imine (C=N–C) groups is 1. The van der Waals surface area contributed by atoms with E-state index in [-0.39, 0.29) is 0 Å². The van der Waals surface area contributed by atoms with Crippen LogP contribution in [0.5, 0.6) is 5.75 Å². The SMILES string of the molecule is CCCCOc1cccc(CN=C(N)NCCCN2CCOCC2)c1. The molecule has 6 heteroatoms. The third-order valence-electron chi connectivity index (χ3n) is 4.16. The lowest BCUT2D eigenvalue weighted by atomic mass is 10.2. The number of guanidine groups is 1. The van der Waals surface area contributed by atoms with E-state index in [1.165, 1.54) is 0 Å². The number of benzene rings is 1. The number of nitrogens with one attached hydrogen (secondary N) is 1. The number of ether oxygens (including phenoxy) is 2. The molecule has 25 heavy (non-hydrogen) atoms. The summed E-state index contributed by atoms with van der Waals surface area (Å²) in [6.07, 6.45) is 3.26. The van der Waals surface area contributed by atoms with Crippen LogP contribution < -0.4 is 15.8 Å². The van der Waals surface area contributed by atoms with Crippen molar-refractivity contribution in [2.45, 2.75) is 32.7 Å². The minimum atomic E-state index is 0.499. The Balaban J connectivity index is 1.65. The molecule has 1 aromatic carbocycles. The maximum Gasteiger partial charge on any atom is 0.188 e. The van der Waals surface area contributed by atoms with Gasteiger partial charge in [0.05, 0.1) is 26.4 Å². The fourth-order valence-electron chi connectivity index (χ4n) is 2.64. The number of nitrogens with two attached hydrogens (primary N) is 1. The van der Waals surface area contributed by atoms with Gasteiger partial charge in [-0.15, -0.1) is 0 Å². The van der Waals surface area contributed by atoms with Crippen LogP contribution in [0, 0.1) is 0 Å². The van der Waals surface area contributed by atoms with E-state index in [0.29, 0.717) is 12.5 Å². The average Bonchev–Trinajstić information content (AvgIpc) is 2.65. The molecule has 1 heterocycles. The van der Waals surface area contributed by atoms with Crippen LogP contribution in [0.25, 0.3) is 0 Å². The summed E-state index contributed by atoms with van der Waals surface area (Å²) in [6.45, 7) is 9.14. The highest BCUT2D eigenvalue weighted by atomic mass is 16.5. The first-order valence-corrected chi connectivity index (χ1v) is 9.33. The van der Waals surface area contributed by atoms with Crippen LogP contribution in [0.15, 0.2) is 29.3 Å². The number of hydrogen-bond donors (Lipinski definition) is 2. The van der Waals surface area contributed by atoms with E-state index in [9.17, 15) is 0 Å². The third kappa shape index (κ3) is 8.23. The standard InChI is InChI=1S/C19H32N4O2/c1-2-3-12-25-18-7-4-6-17(15-18)16-22-19(20)21-8-5-9-23-10-13-24-14-11-23/h4,6-7,15H,2-3,5,8-14,16H2,1H3,(H3,20,21,22). The van der Waals surface area contributed by atoms with Gasteiger partial charge in [-0.2, -0.15) is 0 Å². The predicted molar refractivity (Wildman–Crippen MR) is 102 cm³/mol. The van der Waals surface area contributed by atoms with Crippen molar-refractivity contribution in [3.63, 3.8) is 0 Å². The molecule has 2 rings (SSSR count). The van der Waals surface area contributed by atoms with Crippen molar-refractivity contribution in [1.82, 2.24) is 10.2 Å². The zero-order valence-electron chi connectivity index (χ0n) is 15.4. The lowest BCUT2D eigenvalue weighted by molar-refractivity contribution is 0.0376. The second kappa shape index (κ2) is 11.7. The minimum absolute atomic E-state index is 0.499. The van der Waals surface area contributed by atoms with Gasteiger partial charge in [-0.1, -0.05) is 25.5 Å². The van der Waals surface area contributed by atoms with Crippen molar-refractivity contribution in [1.29, 1.82) is 0 Å². The van der Waals surface area contributed by atoms with Crippen LogP contribution >= 0.6 is 0 Å². The zero-order chi connectivity index (χ0) is 17.7. The first-order chi connectivity index (χ1) is 12.3. The van der Waals surface area contributed by atoms with Crippen LogP contribution in [0.1, 0.15) is 31.7 Å². The predicted octanol–water partition coefficient (Wildman–Crippen LogP) is 1.99. The molecule has 1 aliphatic heterocycles.